The van der Waals surface area contributed by atoms with Crippen molar-refractivity contribution in [2.45, 2.75) is 0 Å². The molecule has 15 heavy (non-hydrogen) atoms. The molecule has 0 bridgehead atoms. The van der Waals surface area contributed by atoms with Crippen LogP contribution in [-0.4, -0.2) is 24.1 Å². The number of esters is 1. The molecule has 0 heterocycles. The Morgan fingerprint density at radius 1 is 1.40 bits per heavy atom. The normalized spacial score (nSPS) is 11.0. The molecule has 6 heteroatoms. The maximum Gasteiger partial charge on any atom is 0.337 e. The van der Waals surface area contributed by atoms with Crippen LogP contribution in [0.15, 0.2) is 29.5 Å². The zero-order valence-corrected chi connectivity index (χ0v) is 7.90. The lowest BCUT2D eigenvalue weighted by Gasteiger charge is -2.03. The van der Waals surface area contributed by atoms with Crippen molar-refractivity contribution in [2.75, 3.05) is 7.11 Å². The molecule has 2 N–H and O–H groups in total. The van der Waals surface area contributed by atoms with Gasteiger partial charge in [-0.05, 0) is 12.1 Å². The summed E-state index contributed by atoms with van der Waals surface area (Å²) in [6, 6.07) is 5.72. The second kappa shape index (κ2) is 5.06. The highest BCUT2D eigenvalue weighted by Crippen LogP contribution is 2.06. The van der Waals surface area contributed by atoms with Gasteiger partial charge < -0.3 is 4.74 Å². The maximum absolute atomic E-state index is 11.9. The van der Waals surface area contributed by atoms with Gasteiger partial charge in [-0.1, -0.05) is 21.8 Å². The van der Waals surface area contributed by atoms with Gasteiger partial charge in [0, 0.05) is 5.56 Å². The van der Waals surface area contributed by atoms with Gasteiger partial charge in [-0.25, -0.2) is 10.3 Å². The summed E-state index contributed by atoms with van der Waals surface area (Å²) in [6.45, 7) is 0. The molecule has 0 unspecified atom stereocenters. The van der Waals surface area contributed by atoms with E-state index in [-0.39, 0.29) is 5.84 Å². The summed E-state index contributed by atoms with van der Waals surface area (Å²) in [5, 5.41) is 10.8. The van der Waals surface area contributed by atoms with Gasteiger partial charge in [0.2, 0.25) is 0 Å². The molecule has 0 spiro atoms. The molecule has 1 aromatic carbocycles. The Morgan fingerprint density at radius 3 is 2.33 bits per heavy atom. The van der Waals surface area contributed by atoms with Crippen LogP contribution in [0.3, 0.4) is 0 Å². The van der Waals surface area contributed by atoms with E-state index in [9.17, 15) is 9.28 Å². The minimum Gasteiger partial charge on any atom is -0.465 e. The molecular formula is C9H9FN2O3. The van der Waals surface area contributed by atoms with Crippen LogP contribution in [-0.2, 0) is 4.74 Å². The molecule has 0 saturated heterocycles. The highest BCUT2D eigenvalue weighted by molar-refractivity contribution is 5.98. The van der Waals surface area contributed by atoms with Gasteiger partial charge in [0.05, 0.1) is 12.7 Å². The third kappa shape index (κ3) is 2.50. The van der Waals surface area contributed by atoms with Crippen LogP contribution in [0.2, 0.25) is 0 Å². The molecule has 1 rings (SSSR count). The van der Waals surface area contributed by atoms with Gasteiger partial charge in [0.15, 0.2) is 5.84 Å². The second-order valence-corrected chi connectivity index (χ2v) is 2.61. The summed E-state index contributed by atoms with van der Waals surface area (Å²) in [6.07, 6.45) is 0. The highest BCUT2D eigenvalue weighted by Gasteiger charge is 2.07. The van der Waals surface area contributed by atoms with E-state index in [1.54, 1.807) is 5.48 Å². The fraction of sp³-hybridized carbons (Fsp3) is 0.111. The van der Waals surface area contributed by atoms with Crippen LogP contribution in [0.4, 0.5) is 4.48 Å². The van der Waals surface area contributed by atoms with E-state index in [4.69, 9.17) is 5.21 Å². The van der Waals surface area contributed by atoms with E-state index >= 15 is 0 Å². The SMILES string of the molecule is COC(=O)c1ccc(/C(=N/F)NO)cc1. The Bertz CT molecular complexity index is 375. The fourth-order valence-electron chi connectivity index (χ4n) is 1.01. The zero-order valence-electron chi connectivity index (χ0n) is 7.90. The number of rotatable bonds is 2. The number of hydroxylamine groups is 1. The van der Waals surface area contributed by atoms with Crippen molar-refractivity contribution in [3.63, 3.8) is 0 Å². The Morgan fingerprint density at radius 2 is 1.93 bits per heavy atom. The minimum absolute atomic E-state index is 0.313. The van der Waals surface area contributed by atoms with Crippen LogP contribution in [0.25, 0.3) is 0 Å². The number of halogens is 1. The molecule has 0 aliphatic carbocycles. The quantitative estimate of drug-likeness (QED) is 0.333. The van der Waals surface area contributed by atoms with Gasteiger partial charge in [-0.3, -0.25) is 5.21 Å². The zero-order chi connectivity index (χ0) is 11.3. The van der Waals surface area contributed by atoms with Gasteiger partial charge in [0.1, 0.15) is 0 Å². The number of nitrogens with one attached hydrogen (secondary N) is 1. The summed E-state index contributed by atoms with van der Waals surface area (Å²) >= 11 is 0. The van der Waals surface area contributed by atoms with E-state index in [0.29, 0.717) is 11.1 Å². The molecule has 5 nitrogen and oxygen atoms in total. The van der Waals surface area contributed by atoms with Gasteiger partial charge in [-0.2, -0.15) is 0 Å². The number of carbonyl (C=O) groups excluding carboxylic acids is 1. The van der Waals surface area contributed by atoms with Crippen LogP contribution in [0, 0.1) is 0 Å². The molecule has 0 aliphatic heterocycles. The summed E-state index contributed by atoms with van der Waals surface area (Å²) in [4.78, 5) is 11.0. The average Bonchev–Trinajstić information content (AvgIpc) is 2.30. The van der Waals surface area contributed by atoms with Crippen molar-refractivity contribution < 1.29 is 19.2 Å². The van der Waals surface area contributed by atoms with Crippen LogP contribution < -0.4 is 5.48 Å². The monoisotopic (exact) mass is 212 g/mol. The number of benzene rings is 1. The lowest BCUT2D eigenvalue weighted by molar-refractivity contribution is 0.0601. The molecule has 0 saturated carbocycles. The first kappa shape index (κ1) is 11.1. The van der Waals surface area contributed by atoms with Crippen LogP contribution >= 0.6 is 0 Å². The Kier molecular flexibility index (Phi) is 3.75. The molecule has 0 aliphatic rings. The third-order valence-corrected chi connectivity index (χ3v) is 1.77. The molecule has 0 radical (unpaired) electrons. The predicted molar refractivity (Wildman–Crippen MR) is 50.3 cm³/mol. The van der Waals surface area contributed by atoms with Crippen LogP contribution in [0.5, 0.6) is 0 Å². The van der Waals surface area contributed by atoms with Crippen molar-refractivity contribution in [1.29, 1.82) is 0 Å². The first-order chi connectivity index (χ1) is 7.22. The van der Waals surface area contributed by atoms with E-state index < -0.39 is 5.97 Å². The number of methoxy groups -OCH3 is 1. The topological polar surface area (TPSA) is 70.9 Å². The largest absolute Gasteiger partial charge is 0.465 e. The molecule has 0 aromatic heterocycles. The summed E-state index contributed by atoms with van der Waals surface area (Å²) in [7, 11) is 1.26. The summed E-state index contributed by atoms with van der Waals surface area (Å²) in [5.74, 6) is -0.816. The molecule has 0 amide bonds. The molecule has 0 fully saturated rings. The number of hydrogen-bond acceptors (Lipinski definition) is 4. The van der Waals surface area contributed by atoms with Gasteiger partial charge in [-0.15, -0.1) is 0 Å². The molecule has 0 atom stereocenters. The highest BCUT2D eigenvalue weighted by atomic mass is 19.2. The number of hydrogen-bond donors (Lipinski definition) is 2. The van der Waals surface area contributed by atoms with Gasteiger partial charge >= 0.3 is 5.97 Å². The van der Waals surface area contributed by atoms with Crippen LogP contribution in [0.1, 0.15) is 15.9 Å². The first-order valence-electron chi connectivity index (χ1n) is 4.00. The Labute approximate surface area is 85.1 Å². The van der Waals surface area contributed by atoms with E-state index in [1.165, 1.54) is 31.4 Å². The smallest absolute Gasteiger partial charge is 0.337 e. The lowest BCUT2D eigenvalue weighted by atomic mass is 10.1. The predicted octanol–water partition coefficient (Wildman–Crippen LogP) is 1.08. The third-order valence-electron chi connectivity index (χ3n) is 1.77. The number of amidine groups is 1. The van der Waals surface area contributed by atoms with E-state index in [0.717, 1.165) is 0 Å². The van der Waals surface area contributed by atoms with Crippen molar-refractivity contribution in [3.05, 3.63) is 35.4 Å². The van der Waals surface area contributed by atoms with Crippen molar-refractivity contribution in [2.24, 2.45) is 5.21 Å². The van der Waals surface area contributed by atoms with Gasteiger partial charge in [0.25, 0.3) is 0 Å². The second-order valence-electron chi connectivity index (χ2n) is 2.61. The molecular weight excluding hydrogens is 203 g/mol. The van der Waals surface area contributed by atoms with E-state index in [2.05, 4.69) is 9.95 Å². The first-order valence-corrected chi connectivity index (χ1v) is 4.00. The van der Waals surface area contributed by atoms with Crippen molar-refractivity contribution in [1.82, 2.24) is 5.48 Å². The standard InChI is InChI=1S/C9H9FN2O3/c1-15-9(13)7-4-2-6(3-5-7)8(11-10)12-14/h2-5,14H,1H3,(H,11,12). The number of ether oxygens (including phenoxy) is 1. The summed E-state index contributed by atoms with van der Waals surface area (Å²) < 4.78 is 16.4. The fourth-order valence-corrected chi connectivity index (χ4v) is 1.01. The lowest BCUT2D eigenvalue weighted by Crippen LogP contribution is -2.19. The van der Waals surface area contributed by atoms with Crippen molar-refractivity contribution >= 4 is 11.8 Å². The number of nitrogens with zero attached hydrogens (tertiary/aromatic N) is 1. The Balaban J connectivity index is 2.94. The average molecular weight is 212 g/mol. The summed E-state index contributed by atoms with van der Waals surface area (Å²) in [5.41, 5.74) is 2.23. The Hall–Kier alpha value is -1.95. The number of carbonyl (C=O) groups is 1. The molecule has 1 aromatic rings. The van der Waals surface area contributed by atoms with E-state index in [1.807, 2.05) is 0 Å². The van der Waals surface area contributed by atoms with Crippen molar-refractivity contribution in [3.8, 4) is 0 Å². The minimum atomic E-state index is -0.489. The molecule has 80 valence electrons. The maximum atomic E-state index is 11.9.